The van der Waals surface area contributed by atoms with E-state index in [1.807, 2.05) is 0 Å². The van der Waals surface area contributed by atoms with Crippen LogP contribution in [-0.2, 0) is 30.0 Å². The van der Waals surface area contributed by atoms with E-state index in [-0.39, 0.29) is 36.2 Å². The lowest BCUT2D eigenvalue weighted by atomic mass is 10.1. The second-order valence-electron chi connectivity index (χ2n) is 7.52. The second kappa shape index (κ2) is 10.8. The highest BCUT2D eigenvalue weighted by Gasteiger charge is 2.36. The smallest absolute Gasteiger partial charge is 0.416 e. The molecule has 1 saturated heterocycles. The molecule has 1 N–H and O–H groups in total. The van der Waals surface area contributed by atoms with Gasteiger partial charge in [-0.15, -0.1) is 0 Å². The van der Waals surface area contributed by atoms with Crippen LogP contribution in [-0.4, -0.2) is 43.5 Å². The van der Waals surface area contributed by atoms with Crippen molar-refractivity contribution >= 4 is 46.7 Å². The zero-order chi connectivity index (χ0) is 25.8. The molecule has 1 atom stereocenters. The van der Waals surface area contributed by atoms with Crippen LogP contribution in [0.4, 0.5) is 24.5 Å². The third-order valence-corrected chi connectivity index (χ3v) is 5.39. The van der Waals surface area contributed by atoms with Gasteiger partial charge in [0.25, 0.3) is 5.91 Å². The number of hydrogen-bond donors (Lipinski definition) is 1. The van der Waals surface area contributed by atoms with Crippen LogP contribution < -0.4 is 10.2 Å². The zero-order valence-electron chi connectivity index (χ0n) is 18.4. The quantitative estimate of drug-likeness (QED) is 0.561. The van der Waals surface area contributed by atoms with Gasteiger partial charge in [0.2, 0.25) is 5.91 Å². The van der Waals surface area contributed by atoms with Crippen molar-refractivity contribution in [2.45, 2.75) is 19.5 Å². The summed E-state index contributed by atoms with van der Waals surface area (Å²) < 4.78 is 48.4. The predicted octanol–water partition coefficient (Wildman–Crippen LogP) is 4.07. The largest absolute Gasteiger partial charge is 0.462 e. The lowest BCUT2D eigenvalue weighted by Gasteiger charge is -2.17. The van der Waals surface area contributed by atoms with E-state index in [1.165, 1.54) is 17.0 Å². The summed E-state index contributed by atoms with van der Waals surface area (Å²) in [6, 6.07) is 8.51. The zero-order valence-corrected chi connectivity index (χ0v) is 19.1. The lowest BCUT2D eigenvalue weighted by molar-refractivity contribution is -0.151. The highest BCUT2D eigenvalue weighted by molar-refractivity contribution is 6.33. The maximum Gasteiger partial charge on any atom is 0.416 e. The Labute approximate surface area is 202 Å². The minimum absolute atomic E-state index is 0.00249. The molecule has 0 bridgehead atoms. The number of anilines is 2. The van der Waals surface area contributed by atoms with Gasteiger partial charge in [0, 0.05) is 18.7 Å². The van der Waals surface area contributed by atoms with Crippen molar-refractivity contribution < 1.29 is 41.8 Å². The molecule has 2 amide bonds. The molecule has 8 nitrogen and oxygen atoms in total. The van der Waals surface area contributed by atoms with Crippen molar-refractivity contribution in [2.75, 3.05) is 30.0 Å². The first-order valence-electron chi connectivity index (χ1n) is 10.4. The van der Waals surface area contributed by atoms with Gasteiger partial charge in [-0.2, -0.15) is 13.2 Å². The molecule has 186 valence electrons. The molecule has 35 heavy (non-hydrogen) atoms. The average molecular weight is 513 g/mol. The van der Waals surface area contributed by atoms with E-state index in [4.69, 9.17) is 21.1 Å². The predicted molar refractivity (Wildman–Crippen MR) is 119 cm³/mol. The topological polar surface area (TPSA) is 102 Å². The molecule has 1 aliphatic rings. The van der Waals surface area contributed by atoms with Gasteiger partial charge in [0.05, 0.1) is 34.4 Å². The molecule has 1 fully saturated rings. The molecule has 3 rings (SSSR count). The SMILES string of the molecule is CCOC(=O)c1ccc(N2C[C@H](C(=O)OCC(=O)Nc3cc(C(F)(F)F)ccc3Cl)CC2=O)cc1. The summed E-state index contributed by atoms with van der Waals surface area (Å²) in [6.45, 7) is 1.13. The number of ether oxygens (including phenoxy) is 2. The van der Waals surface area contributed by atoms with Gasteiger partial charge < -0.3 is 19.7 Å². The molecule has 2 aromatic rings. The van der Waals surface area contributed by atoms with Crippen LogP contribution in [0.1, 0.15) is 29.3 Å². The number of hydrogen-bond acceptors (Lipinski definition) is 6. The van der Waals surface area contributed by atoms with Crippen LogP contribution in [0.25, 0.3) is 0 Å². The number of carbonyl (C=O) groups excluding carboxylic acids is 4. The Morgan fingerprint density at radius 2 is 1.80 bits per heavy atom. The van der Waals surface area contributed by atoms with E-state index in [9.17, 15) is 32.3 Å². The number of halogens is 4. The van der Waals surface area contributed by atoms with Crippen molar-refractivity contribution in [3.05, 3.63) is 58.6 Å². The highest BCUT2D eigenvalue weighted by atomic mass is 35.5. The van der Waals surface area contributed by atoms with E-state index in [1.54, 1.807) is 19.1 Å². The minimum Gasteiger partial charge on any atom is -0.462 e. The van der Waals surface area contributed by atoms with Crippen molar-refractivity contribution in [3.63, 3.8) is 0 Å². The number of amides is 2. The Bertz CT molecular complexity index is 1140. The van der Waals surface area contributed by atoms with Crippen molar-refractivity contribution in [1.29, 1.82) is 0 Å². The third-order valence-electron chi connectivity index (χ3n) is 5.06. The molecular weight excluding hydrogens is 493 g/mol. The van der Waals surface area contributed by atoms with Crippen molar-refractivity contribution in [3.8, 4) is 0 Å². The second-order valence-corrected chi connectivity index (χ2v) is 7.93. The van der Waals surface area contributed by atoms with E-state index >= 15 is 0 Å². The number of nitrogens with one attached hydrogen (secondary N) is 1. The van der Waals surface area contributed by atoms with Crippen LogP contribution >= 0.6 is 11.6 Å². The number of esters is 2. The Kier molecular flexibility index (Phi) is 8.00. The van der Waals surface area contributed by atoms with Crippen LogP contribution in [0.5, 0.6) is 0 Å². The molecular formula is C23H20ClF3N2O6. The molecule has 1 heterocycles. The summed E-state index contributed by atoms with van der Waals surface area (Å²) in [5.41, 5.74) is -0.509. The fourth-order valence-corrected chi connectivity index (χ4v) is 3.51. The number of carbonyl (C=O) groups is 4. The van der Waals surface area contributed by atoms with Gasteiger partial charge >= 0.3 is 18.1 Å². The monoisotopic (exact) mass is 512 g/mol. The summed E-state index contributed by atoms with van der Waals surface area (Å²) in [6.07, 6.45) is -4.78. The van der Waals surface area contributed by atoms with E-state index < -0.39 is 42.1 Å². The number of nitrogens with zero attached hydrogens (tertiary/aromatic N) is 1. The molecule has 0 spiro atoms. The molecule has 0 unspecified atom stereocenters. The standard InChI is InChI=1S/C23H20ClF3N2O6/c1-2-34-21(32)13-3-6-16(7-4-13)29-11-14(9-20(29)31)22(33)35-12-19(30)28-18-10-15(23(25,26)27)5-8-17(18)24/h3-8,10,14H,2,9,11-12H2,1H3,(H,28,30)/t14-/m1/s1. The average Bonchev–Trinajstić information content (AvgIpc) is 3.20. The first-order valence-corrected chi connectivity index (χ1v) is 10.8. The van der Waals surface area contributed by atoms with Gasteiger partial charge in [-0.25, -0.2) is 4.79 Å². The fourth-order valence-electron chi connectivity index (χ4n) is 3.35. The summed E-state index contributed by atoms with van der Waals surface area (Å²) >= 11 is 5.83. The molecule has 1 aliphatic heterocycles. The van der Waals surface area contributed by atoms with Gasteiger partial charge in [-0.05, 0) is 49.4 Å². The summed E-state index contributed by atoms with van der Waals surface area (Å²) in [4.78, 5) is 49.9. The summed E-state index contributed by atoms with van der Waals surface area (Å²) in [5, 5.41) is 2.05. The first-order chi connectivity index (χ1) is 16.5. The van der Waals surface area contributed by atoms with Gasteiger partial charge in [0.1, 0.15) is 0 Å². The maximum atomic E-state index is 12.9. The molecule has 0 aliphatic carbocycles. The van der Waals surface area contributed by atoms with Crippen molar-refractivity contribution in [1.82, 2.24) is 0 Å². The summed E-state index contributed by atoms with van der Waals surface area (Å²) in [5.74, 6) is -3.41. The molecule has 0 aromatic heterocycles. The van der Waals surface area contributed by atoms with Crippen LogP contribution in [0.2, 0.25) is 5.02 Å². The van der Waals surface area contributed by atoms with E-state index in [0.717, 1.165) is 12.1 Å². The lowest BCUT2D eigenvalue weighted by Crippen LogP contribution is -2.28. The van der Waals surface area contributed by atoms with Gasteiger partial charge in [-0.3, -0.25) is 14.4 Å². The Morgan fingerprint density at radius 3 is 2.43 bits per heavy atom. The van der Waals surface area contributed by atoms with Crippen molar-refractivity contribution in [2.24, 2.45) is 5.92 Å². The Hall–Kier alpha value is -3.60. The normalized spacial score (nSPS) is 15.6. The van der Waals surface area contributed by atoms with Crippen LogP contribution in [0.15, 0.2) is 42.5 Å². The molecule has 2 aromatic carbocycles. The molecule has 0 radical (unpaired) electrons. The Morgan fingerprint density at radius 1 is 1.11 bits per heavy atom. The third kappa shape index (κ3) is 6.50. The van der Waals surface area contributed by atoms with Crippen LogP contribution in [0.3, 0.4) is 0 Å². The maximum absolute atomic E-state index is 12.9. The first kappa shape index (κ1) is 26.0. The minimum atomic E-state index is -4.63. The number of alkyl halides is 3. The molecule has 0 saturated carbocycles. The molecule has 12 heteroatoms. The summed E-state index contributed by atoms with van der Waals surface area (Å²) in [7, 11) is 0. The fraction of sp³-hybridized carbons (Fsp3) is 0.304. The van der Waals surface area contributed by atoms with E-state index in [2.05, 4.69) is 5.32 Å². The highest BCUT2D eigenvalue weighted by Crippen LogP contribution is 2.34. The van der Waals surface area contributed by atoms with E-state index in [0.29, 0.717) is 17.3 Å². The van der Waals surface area contributed by atoms with Crippen LogP contribution in [0, 0.1) is 5.92 Å². The van der Waals surface area contributed by atoms with Gasteiger partial charge in [-0.1, -0.05) is 11.6 Å². The Balaban J connectivity index is 1.55. The van der Waals surface area contributed by atoms with Gasteiger partial charge in [0.15, 0.2) is 6.61 Å². The number of benzene rings is 2. The number of rotatable bonds is 7.